The average molecular weight is 290 g/mol. The molecule has 5 aliphatic carbocycles. The third-order valence-corrected chi connectivity index (χ3v) is 9.06. The Hall–Kier alpha value is -0.0800. The van der Waals surface area contributed by atoms with Crippen LogP contribution in [0.2, 0.25) is 0 Å². The number of rotatable bonds is 0. The van der Waals surface area contributed by atoms with Crippen molar-refractivity contribution in [2.24, 2.45) is 40.4 Å². The Morgan fingerprint density at radius 1 is 0.762 bits per heavy atom. The molecule has 0 radical (unpaired) electrons. The quantitative estimate of drug-likeness (QED) is 0.718. The van der Waals surface area contributed by atoms with Gasteiger partial charge in [-0.05, 0) is 98.2 Å². The smallest absolute Gasteiger partial charge is 0.0596 e. The third-order valence-electron chi connectivity index (χ3n) is 9.06. The maximum atomic E-state index is 10.5. The molecule has 0 aromatic heterocycles. The van der Waals surface area contributed by atoms with Crippen molar-refractivity contribution in [1.29, 1.82) is 0 Å². The first kappa shape index (κ1) is 13.4. The van der Waals surface area contributed by atoms with Gasteiger partial charge in [0.15, 0.2) is 0 Å². The zero-order valence-corrected chi connectivity index (χ0v) is 13.3. The summed E-state index contributed by atoms with van der Waals surface area (Å²) in [5, 5.41) is 20.7. The van der Waals surface area contributed by atoms with Crippen molar-refractivity contribution in [3.05, 3.63) is 0 Å². The van der Waals surface area contributed by atoms with Crippen LogP contribution in [0.1, 0.15) is 64.7 Å². The van der Waals surface area contributed by atoms with Crippen molar-refractivity contribution in [2.75, 3.05) is 0 Å². The van der Waals surface area contributed by atoms with Crippen molar-refractivity contribution in [2.45, 2.75) is 76.9 Å². The molecule has 1 spiro atoms. The van der Waals surface area contributed by atoms with Gasteiger partial charge >= 0.3 is 0 Å². The van der Waals surface area contributed by atoms with Gasteiger partial charge in [0.25, 0.3) is 0 Å². The lowest BCUT2D eigenvalue weighted by Crippen LogP contribution is -2.50. The number of hydrogen-bond donors (Lipinski definition) is 2. The lowest BCUT2D eigenvalue weighted by Gasteiger charge is -2.56. The Labute approximate surface area is 128 Å². The van der Waals surface area contributed by atoms with Gasteiger partial charge in [-0.25, -0.2) is 0 Å². The van der Waals surface area contributed by atoms with Gasteiger partial charge in [-0.3, -0.25) is 0 Å². The largest absolute Gasteiger partial charge is 0.393 e. The number of fused-ring (bicyclic) bond motifs is 4. The Kier molecular flexibility index (Phi) is 2.58. The van der Waals surface area contributed by atoms with Crippen molar-refractivity contribution >= 4 is 0 Å². The number of aliphatic hydroxyl groups excluding tert-OH is 2. The van der Waals surface area contributed by atoms with Crippen LogP contribution >= 0.6 is 0 Å². The highest BCUT2D eigenvalue weighted by atomic mass is 16.3. The predicted octanol–water partition coefficient (Wildman–Crippen LogP) is 3.36. The van der Waals surface area contributed by atoms with E-state index in [1.807, 2.05) is 0 Å². The van der Waals surface area contributed by atoms with Crippen LogP contribution in [0.15, 0.2) is 0 Å². The van der Waals surface area contributed by atoms with E-state index < -0.39 is 0 Å². The first-order chi connectivity index (χ1) is 10.1. The first-order valence-corrected chi connectivity index (χ1v) is 9.42. The fraction of sp³-hybridized carbons (Fsp3) is 1.00. The minimum atomic E-state index is -0.0406. The van der Waals surface area contributed by atoms with Gasteiger partial charge in [0.1, 0.15) is 0 Å². The van der Waals surface area contributed by atoms with Crippen molar-refractivity contribution < 1.29 is 10.2 Å². The Balaban J connectivity index is 1.45. The fourth-order valence-electron chi connectivity index (χ4n) is 7.89. The number of aliphatic hydroxyl groups is 2. The molecular formula is C19H30O2. The van der Waals surface area contributed by atoms with Gasteiger partial charge in [-0.1, -0.05) is 6.92 Å². The van der Waals surface area contributed by atoms with Crippen molar-refractivity contribution in [3.63, 3.8) is 0 Å². The SMILES string of the molecule is C[C@]12CC[C@H]3[C@@H](CC[C@@]45C[C@@H]4[C@H](O)CC[C@H]35)[C@@H]1CC[C@@H]2O. The van der Waals surface area contributed by atoms with Gasteiger partial charge in [0.05, 0.1) is 12.2 Å². The molecule has 2 heteroatoms. The van der Waals surface area contributed by atoms with E-state index in [0.717, 1.165) is 36.5 Å². The van der Waals surface area contributed by atoms with Gasteiger partial charge in [-0.2, -0.15) is 0 Å². The molecule has 0 heterocycles. The summed E-state index contributed by atoms with van der Waals surface area (Å²) in [6.45, 7) is 2.38. The highest BCUT2D eigenvalue weighted by Crippen LogP contribution is 2.74. The molecule has 0 saturated heterocycles. The summed E-state index contributed by atoms with van der Waals surface area (Å²) in [5.74, 6) is 4.15. The lowest BCUT2D eigenvalue weighted by atomic mass is 9.49. The minimum absolute atomic E-state index is 0.0139. The van der Waals surface area contributed by atoms with E-state index >= 15 is 0 Å². The second-order valence-corrected chi connectivity index (χ2v) is 9.41. The molecule has 0 amide bonds. The second-order valence-electron chi connectivity index (χ2n) is 9.41. The normalized spacial score (nSPS) is 65.0. The summed E-state index contributed by atoms with van der Waals surface area (Å²) in [6.07, 6.45) is 11.3. The monoisotopic (exact) mass is 290 g/mol. The van der Waals surface area contributed by atoms with Crippen LogP contribution in [-0.4, -0.2) is 22.4 Å². The van der Waals surface area contributed by atoms with Crippen molar-refractivity contribution in [3.8, 4) is 0 Å². The highest BCUT2D eigenvalue weighted by molar-refractivity contribution is 5.17. The molecule has 5 fully saturated rings. The molecule has 0 aromatic rings. The van der Waals surface area contributed by atoms with Gasteiger partial charge in [-0.15, -0.1) is 0 Å². The van der Waals surface area contributed by atoms with Crippen LogP contribution < -0.4 is 0 Å². The zero-order valence-electron chi connectivity index (χ0n) is 13.3. The van der Waals surface area contributed by atoms with Crippen LogP contribution in [0.5, 0.6) is 0 Å². The summed E-state index contributed by atoms with van der Waals surface area (Å²) >= 11 is 0. The van der Waals surface area contributed by atoms with E-state index in [1.165, 1.54) is 44.9 Å². The summed E-state index contributed by atoms with van der Waals surface area (Å²) in [4.78, 5) is 0. The molecule has 9 atom stereocenters. The molecule has 0 aliphatic heterocycles. The van der Waals surface area contributed by atoms with Gasteiger partial charge in [0.2, 0.25) is 0 Å². The first-order valence-electron chi connectivity index (χ1n) is 9.42. The molecule has 0 bridgehead atoms. The maximum absolute atomic E-state index is 10.5. The van der Waals surface area contributed by atoms with Crippen LogP contribution in [-0.2, 0) is 0 Å². The third kappa shape index (κ3) is 1.52. The highest BCUT2D eigenvalue weighted by Gasteiger charge is 2.68. The average Bonchev–Trinajstić information content (AvgIpc) is 3.13. The summed E-state index contributed by atoms with van der Waals surface area (Å²) in [7, 11) is 0. The Bertz CT molecular complexity index is 462. The summed E-state index contributed by atoms with van der Waals surface area (Å²) in [5.41, 5.74) is 0.784. The maximum Gasteiger partial charge on any atom is 0.0596 e. The van der Waals surface area contributed by atoms with E-state index in [4.69, 9.17) is 0 Å². The molecule has 2 nitrogen and oxygen atoms in total. The van der Waals surface area contributed by atoms with Crippen LogP contribution in [0.3, 0.4) is 0 Å². The summed E-state index contributed by atoms with van der Waals surface area (Å²) < 4.78 is 0. The van der Waals surface area contributed by atoms with Gasteiger partial charge in [0, 0.05) is 0 Å². The Morgan fingerprint density at radius 3 is 2.33 bits per heavy atom. The van der Waals surface area contributed by atoms with E-state index in [2.05, 4.69) is 6.92 Å². The van der Waals surface area contributed by atoms with E-state index in [9.17, 15) is 10.2 Å². The van der Waals surface area contributed by atoms with Gasteiger partial charge < -0.3 is 10.2 Å². The molecule has 118 valence electrons. The summed E-state index contributed by atoms with van der Waals surface area (Å²) in [6, 6.07) is 0. The predicted molar refractivity (Wildman–Crippen MR) is 81.6 cm³/mol. The van der Waals surface area contributed by atoms with Crippen LogP contribution in [0.4, 0.5) is 0 Å². The lowest BCUT2D eigenvalue weighted by molar-refractivity contribution is -0.0966. The molecule has 5 rings (SSSR count). The van der Waals surface area contributed by atoms with E-state index in [1.54, 1.807) is 0 Å². The number of hydrogen-bond acceptors (Lipinski definition) is 2. The topological polar surface area (TPSA) is 40.5 Å². The molecular weight excluding hydrogens is 260 g/mol. The minimum Gasteiger partial charge on any atom is -0.393 e. The molecule has 21 heavy (non-hydrogen) atoms. The molecule has 0 unspecified atom stereocenters. The van der Waals surface area contributed by atoms with Crippen LogP contribution in [0.25, 0.3) is 0 Å². The van der Waals surface area contributed by atoms with E-state index in [0.29, 0.717) is 11.3 Å². The molecule has 5 saturated carbocycles. The fourth-order valence-corrected chi connectivity index (χ4v) is 7.89. The Morgan fingerprint density at radius 2 is 1.48 bits per heavy atom. The van der Waals surface area contributed by atoms with Crippen molar-refractivity contribution in [1.82, 2.24) is 0 Å². The standard InChI is InChI=1S/C19H30O2/c1-18-8-6-12-11(13(18)3-5-17(18)21)7-9-19-10-15(19)16(20)4-2-14(12)19/h11-17,20-21H,2-10H2,1H3/t11-,12+,13+,14-,15-,16-,17+,18+,19+/m1/s1. The van der Waals surface area contributed by atoms with E-state index in [-0.39, 0.29) is 17.6 Å². The molecule has 2 N–H and O–H groups in total. The molecule has 5 aliphatic rings. The molecule has 0 aromatic carbocycles. The van der Waals surface area contributed by atoms with Crippen LogP contribution in [0, 0.1) is 40.4 Å². The second kappa shape index (κ2) is 4.06. The zero-order chi connectivity index (χ0) is 14.4.